The van der Waals surface area contributed by atoms with Gasteiger partial charge in [0.25, 0.3) is 11.5 Å². The lowest BCUT2D eigenvalue weighted by atomic mass is 10.1. The molecular formula is C21H19N5O4S. The molecule has 0 spiro atoms. The normalized spacial score (nSPS) is 10.4. The van der Waals surface area contributed by atoms with Gasteiger partial charge in [0.15, 0.2) is 16.8 Å². The minimum absolute atomic E-state index is 0.0352. The van der Waals surface area contributed by atoms with Gasteiger partial charge in [-0.1, -0.05) is 30.0 Å². The van der Waals surface area contributed by atoms with Crippen LogP contribution < -0.4 is 21.9 Å². The molecular weight excluding hydrogens is 418 g/mol. The summed E-state index contributed by atoms with van der Waals surface area (Å²) in [6.07, 6.45) is 0. The summed E-state index contributed by atoms with van der Waals surface area (Å²) in [5.74, 6) is -1.08. The van der Waals surface area contributed by atoms with Crippen LogP contribution in [0.4, 0.5) is 17.2 Å². The Bertz CT molecular complexity index is 1180. The summed E-state index contributed by atoms with van der Waals surface area (Å²) in [6, 6.07) is 14.9. The van der Waals surface area contributed by atoms with Crippen LogP contribution in [0.5, 0.6) is 0 Å². The lowest BCUT2D eigenvalue weighted by Gasteiger charge is -2.09. The summed E-state index contributed by atoms with van der Waals surface area (Å²) in [4.78, 5) is 54.5. The van der Waals surface area contributed by atoms with E-state index in [0.717, 1.165) is 11.8 Å². The SMILES string of the molecule is CC(=O)c1ccc(NC(=O)CSc2nc(N)c(NC(=O)c3ccccc3)c(=O)[nH]2)cc1. The molecule has 0 bridgehead atoms. The second-order valence-electron chi connectivity index (χ2n) is 6.42. The Labute approximate surface area is 181 Å². The van der Waals surface area contributed by atoms with Gasteiger partial charge in [-0.25, -0.2) is 4.98 Å². The number of benzene rings is 2. The minimum atomic E-state index is -0.625. The molecule has 0 saturated heterocycles. The summed E-state index contributed by atoms with van der Waals surface area (Å²) in [5.41, 5.74) is 6.50. The predicted molar refractivity (Wildman–Crippen MR) is 119 cm³/mol. The van der Waals surface area contributed by atoms with E-state index in [1.807, 2.05) is 0 Å². The molecule has 10 heteroatoms. The highest BCUT2D eigenvalue weighted by molar-refractivity contribution is 7.99. The number of hydrogen-bond acceptors (Lipinski definition) is 7. The highest BCUT2D eigenvalue weighted by Crippen LogP contribution is 2.18. The molecule has 158 valence electrons. The van der Waals surface area contributed by atoms with E-state index in [1.54, 1.807) is 54.6 Å². The summed E-state index contributed by atoms with van der Waals surface area (Å²) < 4.78 is 0. The molecule has 0 aliphatic rings. The third kappa shape index (κ3) is 5.80. The molecule has 0 saturated carbocycles. The van der Waals surface area contributed by atoms with Crippen molar-refractivity contribution in [2.45, 2.75) is 12.1 Å². The maximum Gasteiger partial charge on any atom is 0.277 e. The summed E-state index contributed by atoms with van der Waals surface area (Å²) in [5, 5.41) is 5.27. The Kier molecular flexibility index (Phi) is 6.83. The van der Waals surface area contributed by atoms with Crippen molar-refractivity contribution in [2.24, 2.45) is 0 Å². The molecule has 2 aromatic carbocycles. The first-order valence-electron chi connectivity index (χ1n) is 9.13. The number of H-pyrrole nitrogens is 1. The van der Waals surface area contributed by atoms with E-state index in [-0.39, 0.29) is 34.1 Å². The molecule has 31 heavy (non-hydrogen) atoms. The lowest BCUT2D eigenvalue weighted by molar-refractivity contribution is -0.113. The van der Waals surface area contributed by atoms with Crippen LogP contribution in [-0.2, 0) is 4.79 Å². The van der Waals surface area contributed by atoms with E-state index in [2.05, 4.69) is 20.6 Å². The number of rotatable bonds is 7. The van der Waals surface area contributed by atoms with Gasteiger partial charge in [0, 0.05) is 16.8 Å². The van der Waals surface area contributed by atoms with E-state index in [4.69, 9.17) is 5.73 Å². The topological polar surface area (TPSA) is 147 Å². The van der Waals surface area contributed by atoms with Crippen molar-refractivity contribution in [1.29, 1.82) is 0 Å². The van der Waals surface area contributed by atoms with Gasteiger partial charge in [0.05, 0.1) is 5.75 Å². The summed E-state index contributed by atoms with van der Waals surface area (Å²) in [6.45, 7) is 1.46. The highest BCUT2D eigenvalue weighted by atomic mass is 32.2. The van der Waals surface area contributed by atoms with Gasteiger partial charge in [-0.3, -0.25) is 24.2 Å². The molecule has 0 radical (unpaired) electrons. The molecule has 1 heterocycles. The minimum Gasteiger partial charge on any atom is -0.382 e. The number of nitrogens with zero attached hydrogens (tertiary/aromatic N) is 1. The molecule has 0 unspecified atom stereocenters. The predicted octanol–water partition coefficient (Wildman–Crippen LogP) is 2.54. The van der Waals surface area contributed by atoms with Crippen LogP contribution in [0.25, 0.3) is 0 Å². The maximum atomic E-state index is 12.3. The Morgan fingerprint density at radius 1 is 1.00 bits per heavy atom. The van der Waals surface area contributed by atoms with Gasteiger partial charge in [-0.15, -0.1) is 0 Å². The monoisotopic (exact) mass is 437 g/mol. The molecule has 3 rings (SSSR count). The van der Waals surface area contributed by atoms with Crippen LogP contribution in [0, 0.1) is 0 Å². The van der Waals surface area contributed by atoms with Crippen LogP contribution in [0.15, 0.2) is 64.5 Å². The number of amides is 2. The number of carbonyl (C=O) groups is 3. The zero-order chi connectivity index (χ0) is 22.4. The average Bonchev–Trinajstić information content (AvgIpc) is 2.75. The van der Waals surface area contributed by atoms with Crippen molar-refractivity contribution in [2.75, 3.05) is 22.1 Å². The number of Topliss-reactive ketones (excluding diaryl/α,β-unsaturated/α-hetero) is 1. The first-order chi connectivity index (χ1) is 14.8. The van der Waals surface area contributed by atoms with Crippen molar-refractivity contribution >= 4 is 46.6 Å². The fourth-order valence-electron chi connectivity index (χ4n) is 2.55. The van der Waals surface area contributed by atoms with Crippen LogP contribution >= 0.6 is 11.8 Å². The van der Waals surface area contributed by atoms with Crippen molar-refractivity contribution in [3.05, 3.63) is 76.1 Å². The van der Waals surface area contributed by atoms with E-state index in [0.29, 0.717) is 16.8 Å². The zero-order valence-corrected chi connectivity index (χ0v) is 17.3. The Morgan fingerprint density at radius 2 is 1.68 bits per heavy atom. The van der Waals surface area contributed by atoms with Crippen molar-refractivity contribution in [3.63, 3.8) is 0 Å². The van der Waals surface area contributed by atoms with Gasteiger partial charge in [-0.2, -0.15) is 0 Å². The van der Waals surface area contributed by atoms with Crippen molar-refractivity contribution < 1.29 is 14.4 Å². The van der Waals surface area contributed by atoms with Crippen LogP contribution in [0.1, 0.15) is 27.6 Å². The van der Waals surface area contributed by atoms with Crippen LogP contribution in [0.3, 0.4) is 0 Å². The van der Waals surface area contributed by atoms with Crippen LogP contribution in [-0.4, -0.2) is 33.3 Å². The number of aromatic nitrogens is 2. The second kappa shape index (κ2) is 9.72. The number of hydrogen-bond donors (Lipinski definition) is 4. The maximum absolute atomic E-state index is 12.3. The standard InChI is InChI=1S/C21H19N5O4S/c1-12(27)13-7-9-15(10-8-13)23-16(28)11-31-21-25-18(22)17(20(30)26-21)24-19(29)14-5-3-2-4-6-14/h2-10H,11H2,1H3,(H,23,28)(H,24,29)(H3,22,25,26,30). The molecule has 0 aliphatic heterocycles. The summed E-state index contributed by atoms with van der Waals surface area (Å²) >= 11 is 0.983. The van der Waals surface area contributed by atoms with Gasteiger partial charge < -0.3 is 16.4 Å². The fraction of sp³-hybridized carbons (Fsp3) is 0.0952. The number of aromatic amines is 1. The molecule has 5 N–H and O–H groups in total. The first kappa shape index (κ1) is 21.8. The smallest absolute Gasteiger partial charge is 0.277 e. The number of ketones is 1. The largest absolute Gasteiger partial charge is 0.382 e. The number of thioether (sulfide) groups is 1. The average molecular weight is 437 g/mol. The van der Waals surface area contributed by atoms with Gasteiger partial charge in [0.1, 0.15) is 5.69 Å². The second-order valence-corrected chi connectivity index (χ2v) is 7.39. The third-order valence-electron chi connectivity index (χ3n) is 4.12. The number of nitrogen functional groups attached to an aromatic ring is 1. The molecule has 2 amide bonds. The fourth-order valence-corrected chi connectivity index (χ4v) is 3.22. The van der Waals surface area contributed by atoms with E-state index in [9.17, 15) is 19.2 Å². The number of nitrogens with two attached hydrogens (primary N) is 1. The summed E-state index contributed by atoms with van der Waals surface area (Å²) in [7, 11) is 0. The van der Waals surface area contributed by atoms with Crippen molar-refractivity contribution in [1.82, 2.24) is 9.97 Å². The van der Waals surface area contributed by atoms with E-state index < -0.39 is 11.5 Å². The molecule has 0 atom stereocenters. The van der Waals surface area contributed by atoms with Gasteiger partial charge in [-0.05, 0) is 43.3 Å². The third-order valence-corrected chi connectivity index (χ3v) is 4.99. The zero-order valence-electron chi connectivity index (χ0n) is 16.5. The van der Waals surface area contributed by atoms with E-state index in [1.165, 1.54) is 6.92 Å². The molecule has 9 nitrogen and oxygen atoms in total. The Hall–Kier alpha value is -3.92. The number of carbonyl (C=O) groups excluding carboxylic acids is 3. The van der Waals surface area contributed by atoms with Gasteiger partial charge in [0.2, 0.25) is 5.91 Å². The highest BCUT2D eigenvalue weighted by Gasteiger charge is 2.14. The Morgan fingerprint density at radius 3 is 2.29 bits per heavy atom. The number of anilines is 3. The van der Waals surface area contributed by atoms with Crippen LogP contribution in [0.2, 0.25) is 0 Å². The Balaban J connectivity index is 1.61. The first-order valence-corrected chi connectivity index (χ1v) is 10.1. The van der Waals surface area contributed by atoms with Crippen molar-refractivity contribution in [3.8, 4) is 0 Å². The molecule has 0 fully saturated rings. The molecule has 1 aromatic heterocycles. The number of nitrogens with one attached hydrogen (secondary N) is 3. The van der Waals surface area contributed by atoms with E-state index >= 15 is 0 Å². The molecule has 0 aliphatic carbocycles. The quantitative estimate of drug-likeness (QED) is 0.252. The molecule has 3 aromatic rings. The lowest BCUT2D eigenvalue weighted by Crippen LogP contribution is -2.23. The van der Waals surface area contributed by atoms with Gasteiger partial charge >= 0.3 is 0 Å².